The second kappa shape index (κ2) is 7.08. The van der Waals surface area contributed by atoms with Crippen LogP contribution < -0.4 is 0 Å². The van der Waals surface area contributed by atoms with Gasteiger partial charge in [0.1, 0.15) is 13.2 Å². The number of hydrogen-bond donors (Lipinski definition) is 0. The molecule has 9 nitrogen and oxygen atoms in total. The van der Waals surface area contributed by atoms with E-state index in [4.69, 9.17) is 13.8 Å². The lowest BCUT2D eigenvalue weighted by atomic mass is 10.2. The van der Waals surface area contributed by atoms with Gasteiger partial charge < -0.3 is 18.7 Å². The average Bonchev–Trinajstić information content (AvgIpc) is 3.26. The zero-order valence-corrected chi connectivity index (χ0v) is 14.1. The molecule has 0 N–H and O–H groups in total. The number of nitrogens with zero attached hydrogens (tertiary/aromatic N) is 5. The second-order valence-corrected chi connectivity index (χ2v) is 6.12. The SMILES string of the molecule is Cc1noc(COCC(=O)N2CCC[C@@H]2c2noc(C(C)C)n2)n1. The van der Waals surface area contributed by atoms with Gasteiger partial charge in [0.2, 0.25) is 11.8 Å². The number of carbonyl (C=O) groups is 1. The molecular formula is C15H21N5O4. The maximum absolute atomic E-state index is 12.4. The van der Waals surface area contributed by atoms with Gasteiger partial charge in [-0.2, -0.15) is 9.97 Å². The summed E-state index contributed by atoms with van der Waals surface area (Å²) >= 11 is 0. The number of ether oxygens (including phenoxy) is 1. The Balaban J connectivity index is 1.56. The van der Waals surface area contributed by atoms with Gasteiger partial charge in [-0.1, -0.05) is 24.2 Å². The van der Waals surface area contributed by atoms with Crippen LogP contribution in [0.15, 0.2) is 9.05 Å². The van der Waals surface area contributed by atoms with Crippen molar-refractivity contribution in [2.75, 3.05) is 13.2 Å². The molecule has 2 aromatic rings. The van der Waals surface area contributed by atoms with E-state index >= 15 is 0 Å². The Morgan fingerprint density at radius 1 is 1.33 bits per heavy atom. The highest BCUT2D eigenvalue weighted by atomic mass is 16.5. The zero-order chi connectivity index (χ0) is 17.1. The fourth-order valence-electron chi connectivity index (χ4n) is 2.66. The van der Waals surface area contributed by atoms with E-state index in [1.807, 2.05) is 13.8 Å². The third-order valence-corrected chi connectivity index (χ3v) is 3.84. The largest absolute Gasteiger partial charge is 0.362 e. The molecule has 0 aliphatic carbocycles. The van der Waals surface area contributed by atoms with Crippen LogP contribution in [0.4, 0.5) is 0 Å². The van der Waals surface area contributed by atoms with Gasteiger partial charge in [0.15, 0.2) is 11.6 Å². The Labute approximate surface area is 139 Å². The molecule has 130 valence electrons. The summed E-state index contributed by atoms with van der Waals surface area (Å²) in [5, 5.41) is 7.70. The summed E-state index contributed by atoms with van der Waals surface area (Å²) in [7, 11) is 0. The molecule has 1 amide bonds. The number of rotatable bonds is 6. The first kappa shape index (κ1) is 16.6. The van der Waals surface area contributed by atoms with E-state index in [2.05, 4.69) is 20.3 Å². The number of carbonyl (C=O) groups excluding carboxylic acids is 1. The first-order valence-corrected chi connectivity index (χ1v) is 8.04. The molecule has 24 heavy (non-hydrogen) atoms. The quantitative estimate of drug-likeness (QED) is 0.786. The number of aromatic nitrogens is 4. The molecule has 9 heteroatoms. The van der Waals surface area contributed by atoms with Crippen LogP contribution in [-0.2, 0) is 16.1 Å². The molecule has 0 radical (unpaired) electrons. The van der Waals surface area contributed by atoms with E-state index in [1.54, 1.807) is 11.8 Å². The van der Waals surface area contributed by atoms with Crippen molar-refractivity contribution in [2.45, 2.75) is 52.2 Å². The third kappa shape index (κ3) is 3.61. The second-order valence-electron chi connectivity index (χ2n) is 6.12. The van der Waals surface area contributed by atoms with Gasteiger partial charge in [-0.3, -0.25) is 4.79 Å². The van der Waals surface area contributed by atoms with E-state index in [0.717, 1.165) is 12.8 Å². The molecule has 1 aliphatic rings. The topological polar surface area (TPSA) is 107 Å². The summed E-state index contributed by atoms with van der Waals surface area (Å²) < 4.78 is 15.6. The van der Waals surface area contributed by atoms with Gasteiger partial charge in [-0.15, -0.1) is 0 Å². The minimum atomic E-state index is -0.150. The molecular weight excluding hydrogens is 314 g/mol. The zero-order valence-electron chi connectivity index (χ0n) is 14.1. The molecule has 1 fully saturated rings. The van der Waals surface area contributed by atoms with Crippen LogP contribution in [0.3, 0.4) is 0 Å². The highest BCUT2D eigenvalue weighted by Crippen LogP contribution is 2.30. The third-order valence-electron chi connectivity index (χ3n) is 3.84. The van der Waals surface area contributed by atoms with Crippen molar-refractivity contribution in [3.63, 3.8) is 0 Å². The van der Waals surface area contributed by atoms with E-state index < -0.39 is 0 Å². The molecule has 1 saturated heterocycles. The van der Waals surface area contributed by atoms with Crippen LogP contribution in [0.5, 0.6) is 0 Å². The van der Waals surface area contributed by atoms with Crippen LogP contribution in [-0.4, -0.2) is 44.2 Å². The van der Waals surface area contributed by atoms with Gasteiger partial charge in [0.05, 0.1) is 6.04 Å². The minimum absolute atomic E-state index is 0.0488. The van der Waals surface area contributed by atoms with Gasteiger partial charge in [-0.25, -0.2) is 0 Å². The lowest BCUT2D eigenvalue weighted by Crippen LogP contribution is -2.34. The maximum Gasteiger partial charge on any atom is 0.252 e. The highest BCUT2D eigenvalue weighted by Gasteiger charge is 2.33. The summed E-state index contributed by atoms with van der Waals surface area (Å²) in [6.45, 7) is 6.43. The van der Waals surface area contributed by atoms with Crippen molar-refractivity contribution in [1.82, 2.24) is 25.2 Å². The number of likely N-dealkylation sites (tertiary alicyclic amines) is 1. The fourth-order valence-corrected chi connectivity index (χ4v) is 2.66. The van der Waals surface area contributed by atoms with Crippen molar-refractivity contribution < 1.29 is 18.6 Å². The van der Waals surface area contributed by atoms with Crippen molar-refractivity contribution in [2.24, 2.45) is 0 Å². The summed E-state index contributed by atoms with van der Waals surface area (Å²) in [5.41, 5.74) is 0. The molecule has 0 saturated carbocycles. The summed E-state index contributed by atoms with van der Waals surface area (Å²) in [6.07, 6.45) is 1.73. The summed E-state index contributed by atoms with van der Waals surface area (Å²) in [5.74, 6) is 2.11. The smallest absolute Gasteiger partial charge is 0.252 e. The van der Waals surface area contributed by atoms with Crippen LogP contribution in [0.25, 0.3) is 0 Å². The Morgan fingerprint density at radius 2 is 2.17 bits per heavy atom. The van der Waals surface area contributed by atoms with Crippen LogP contribution in [0, 0.1) is 6.92 Å². The van der Waals surface area contributed by atoms with Crippen molar-refractivity contribution in [1.29, 1.82) is 0 Å². The molecule has 0 unspecified atom stereocenters. The normalized spacial score (nSPS) is 17.8. The van der Waals surface area contributed by atoms with E-state index in [-0.39, 0.29) is 31.1 Å². The Kier molecular flexibility index (Phi) is 4.89. The van der Waals surface area contributed by atoms with E-state index in [9.17, 15) is 4.79 Å². The van der Waals surface area contributed by atoms with Crippen LogP contribution >= 0.6 is 0 Å². The number of hydrogen-bond acceptors (Lipinski definition) is 8. The van der Waals surface area contributed by atoms with Gasteiger partial charge >= 0.3 is 0 Å². The number of aryl methyl sites for hydroxylation is 1. The lowest BCUT2D eigenvalue weighted by molar-refractivity contribution is -0.137. The van der Waals surface area contributed by atoms with Gasteiger partial charge in [0, 0.05) is 12.5 Å². The highest BCUT2D eigenvalue weighted by molar-refractivity contribution is 5.78. The van der Waals surface area contributed by atoms with Gasteiger partial charge in [-0.05, 0) is 19.8 Å². The summed E-state index contributed by atoms with van der Waals surface area (Å²) in [4.78, 5) is 22.6. The predicted molar refractivity (Wildman–Crippen MR) is 80.8 cm³/mol. The first-order chi connectivity index (χ1) is 11.5. The molecule has 2 aromatic heterocycles. The molecule has 0 aromatic carbocycles. The van der Waals surface area contributed by atoms with Crippen LogP contribution in [0.1, 0.15) is 62.1 Å². The fraction of sp³-hybridized carbons (Fsp3) is 0.667. The van der Waals surface area contributed by atoms with E-state index in [1.165, 1.54) is 0 Å². The monoisotopic (exact) mass is 335 g/mol. The average molecular weight is 335 g/mol. The molecule has 3 rings (SSSR count). The maximum atomic E-state index is 12.4. The summed E-state index contributed by atoms with van der Waals surface area (Å²) in [6, 6.07) is -0.150. The van der Waals surface area contributed by atoms with Gasteiger partial charge in [0.25, 0.3) is 5.89 Å². The van der Waals surface area contributed by atoms with Crippen molar-refractivity contribution in [3.05, 3.63) is 23.4 Å². The lowest BCUT2D eigenvalue weighted by Gasteiger charge is -2.21. The van der Waals surface area contributed by atoms with Crippen molar-refractivity contribution >= 4 is 5.91 Å². The minimum Gasteiger partial charge on any atom is -0.362 e. The Bertz CT molecular complexity index is 696. The Morgan fingerprint density at radius 3 is 2.83 bits per heavy atom. The molecule has 1 atom stereocenters. The number of amides is 1. The molecule has 3 heterocycles. The first-order valence-electron chi connectivity index (χ1n) is 8.04. The molecule has 0 bridgehead atoms. The standard InChI is InChI=1S/C15H21N5O4/c1-9(2)15-17-14(19-24-15)11-5-4-6-20(11)13(21)8-22-7-12-16-10(3)18-23-12/h9,11H,4-8H2,1-3H3/t11-/m1/s1. The van der Waals surface area contributed by atoms with Crippen molar-refractivity contribution in [3.8, 4) is 0 Å². The van der Waals surface area contributed by atoms with Crippen LogP contribution in [0.2, 0.25) is 0 Å². The Hall–Kier alpha value is -2.29. The predicted octanol–water partition coefficient (Wildman–Crippen LogP) is 1.76. The van der Waals surface area contributed by atoms with E-state index in [0.29, 0.717) is 30.0 Å². The molecule has 0 spiro atoms. The molecule has 1 aliphatic heterocycles.